The molecule has 0 spiro atoms. The third-order valence-corrected chi connectivity index (χ3v) is 3.69. The van der Waals surface area contributed by atoms with E-state index in [9.17, 15) is 9.90 Å². The summed E-state index contributed by atoms with van der Waals surface area (Å²) in [7, 11) is 0. The van der Waals surface area contributed by atoms with E-state index in [2.05, 4.69) is 27.8 Å². The van der Waals surface area contributed by atoms with Crippen molar-refractivity contribution in [3.63, 3.8) is 0 Å². The molecule has 0 fully saturated rings. The van der Waals surface area contributed by atoms with Gasteiger partial charge in [0, 0.05) is 6.42 Å². The van der Waals surface area contributed by atoms with Gasteiger partial charge in [-0.3, -0.25) is 5.32 Å². The Hall–Kier alpha value is -1.93. The molecule has 2 amide bonds. The second kappa shape index (κ2) is 6.68. The van der Waals surface area contributed by atoms with Gasteiger partial charge in [-0.25, -0.2) is 4.79 Å². The number of hydrogen-bond donors (Lipinski definition) is 3. The Morgan fingerprint density at radius 2 is 2.33 bits per heavy atom. The maximum atomic E-state index is 11.8. The number of aryl methyl sites for hydroxylation is 1. The molecule has 21 heavy (non-hydrogen) atoms. The zero-order valence-corrected chi connectivity index (χ0v) is 12.7. The topological polar surface area (TPSA) is 100 Å². The monoisotopic (exact) mass is 310 g/mol. The highest BCUT2D eigenvalue weighted by Crippen LogP contribution is 2.20. The Morgan fingerprint density at radius 3 is 3.00 bits per heavy atom. The molecule has 0 aromatic carbocycles. The van der Waals surface area contributed by atoms with Crippen LogP contribution < -0.4 is 10.6 Å². The molecule has 0 bridgehead atoms. The van der Waals surface area contributed by atoms with Crippen molar-refractivity contribution in [2.24, 2.45) is 0 Å². The average Bonchev–Trinajstić information content (AvgIpc) is 3.09. The van der Waals surface area contributed by atoms with Gasteiger partial charge in [0.25, 0.3) is 0 Å². The van der Waals surface area contributed by atoms with Crippen molar-refractivity contribution in [1.29, 1.82) is 0 Å². The van der Waals surface area contributed by atoms with Crippen LogP contribution in [0.1, 0.15) is 31.0 Å². The Bertz CT molecular complexity index is 580. The lowest BCUT2D eigenvalue weighted by Crippen LogP contribution is -2.40. The highest BCUT2D eigenvalue weighted by molar-refractivity contribution is 7.15. The number of nitrogens with one attached hydrogen (secondary N) is 2. The predicted octanol–water partition coefficient (Wildman–Crippen LogP) is 2.11. The molecule has 2 heterocycles. The van der Waals surface area contributed by atoms with Crippen LogP contribution in [-0.2, 0) is 12.0 Å². The number of nitrogens with zero attached hydrogens (tertiary/aromatic N) is 2. The second-order valence-electron chi connectivity index (χ2n) is 4.81. The summed E-state index contributed by atoms with van der Waals surface area (Å²) in [4.78, 5) is 11.8. The van der Waals surface area contributed by atoms with Gasteiger partial charge in [-0.1, -0.05) is 18.3 Å². The molecule has 3 N–H and O–H groups in total. The Morgan fingerprint density at radius 1 is 1.52 bits per heavy atom. The van der Waals surface area contributed by atoms with Gasteiger partial charge in [-0.15, -0.1) is 10.2 Å². The van der Waals surface area contributed by atoms with Gasteiger partial charge in [0.2, 0.25) is 5.13 Å². The molecule has 0 radical (unpaired) electrons. The van der Waals surface area contributed by atoms with Crippen LogP contribution in [0.5, 0.6) is 0 Å². The summed E-state index contributed by atoms with van der Waals surface area (Å²) in [6.07, 6.45) is 3.29. The number of amides is 2. The van der Waals surface area contributed by atoms with Gasteiger partial charge in [0.1, 0.15) is 16.4 Å². The van der Waals surface area contributed by atoms with E-state index in [1.165, 1.54) is 17.6 Å². The summed E-state index contributed by atoms with van der Waals surface area (Å²) in [5.41, 5.74) is -1.27. The fraction of sp³-hybridized carbons (Fsp3) is 0.462. The van der Waals surface area contributed by atoms with Crippen LogP contribution in [0.4, 0.5) is 9.93 Å². The maximum absolute atomic E-state index is 11.8. The SMILES string of the molecule is CCCc1nnc(NC(=O)NC[C@@](C)(O)c2ccco2)s1. The number of carbonyl (C=O) groups is 1. The fourth-order valence-corrected chi connectivity index (χ4v) is 2.52. The normalized spacial score (nSPS) is 13.7. The van der Waals surface area contributed by atoms with E-state index in [1.807, 2.05) is 0 Å². The van der Waals surface area contributed by atoms with Crippen molar-refractivity contribution in [3.8, 4) is 0 Å². The molecule has 7 nitrogen and oxygen atoms in total. The van der Waals surface area contributed by atoms with Gasteiger partial charge >= 0.3 is 6.03 Å². The standard InChI is InChI=1S/C13H18N4O3S/c1-3-5-10-16-17-12(21-10)15-11(18)14-8-13(2,19)9-6-4-7-20-9/h4,6-7,19H,3,5,8H2,1-2H3,(H2,14,15,17,18)/t13-/m1/s1. The third-order valence-electron chi connectivity index (χ3n) is 2.80. The van der Waals surface area contributed by atoms with Gasteiger partial charge in [-0.05, 0) is 25.5 Å². The molecule has 0 unspecified atom stereocenters. The minimum absolute atomic E-state index is 0.0208. The smallest absolute Gasteiger partial charge is 0.321 e. The van der Waals surface area contributed by atoms with Crippen LogP contribution in [-0.4, -0.2) is 27.9 Å². The second-order valence-corrected chi connectivity index (χ2v) is 5.87. The number of aromatic nitrogens is 2. The summed E-state index contributed by atoms with van der Waals surface area (Å²) < 4.78 is 5.14. The van der Waals surface area contributed by atoms with E-state index in [-0.39, 0.29) is 6.54 Å². The average molecular weight is 310 g/mol. The predicted molar refractivity (Wildman–Crippen MR) is 79.2 cm³/mol. The number of anilines is 1. The molecular formula is C13H18N4O3S. The van der Waals surface area contributed by atoms with Crippen molar-refractivity contribution in [1.82, 2.24) is 15.5 Å². The van der Waals surface area contributed by atoms with E-state index in [0.717, 1.165) is 17.8 Å². The van der Waals surface area contributed by atoms with Gasteiger partial charge < -0.3 is 14.8 Å². The first-order chi connectivity index (χ1) is 10.0. The zero-order chi connectivity index (χ0) is 15.3. The minimum Gasteiger partial charge on any atom is -0.466 e. The Labute approximate surface area is 126 Å². The van der Waals surface area contributed by atoms with E-state index >= 15 is 0 Å². The number of aliphatic hydroxyl groups is 1. The zero-order valence-electron chi connectivity index (χ0n) is 11.9. The molecule has 8 heteroatoms. The van der Waals surface area contributed by atoms with Crippen molar-refractivity contribution in [2.45, 2.75) is 32.3 Å². The first kappa shape index (κ1) is 15.5. The highest BCUT2D eigenvalue weighted by atomic mass is 32.1. The lowest BCUT2D eigenvalue weighted by molar-refractivity contribution is 0.0372. The minimum atomic E-state index is -1.27. The van der Waals surface area contributed by atoms with Crippen LogP contribution in [0.2, 0.25) is 0 Å². The summed E-state index contributed by atoms with van der Waals surface area (Å²) in [5.74, 6) is 0.393. The van der Waals surface area contributed by atoms with Crippen LogP contribution in [0.25, 0.3) is 0 Å². The molecule has 0 saturated carbocycles. The first-order valence-corrected chi connectivity index (χ1v) is 7.46. The Balaban J connectivity index is 1.84. The quantitative estimate of drug-likeness (QED) is 0.758. The molecular weight excluding hydrogens is 292 g/mol. The molecule has 2 aromatic rings. The van der Waals surface area contributed by atoms with Crippen LogP contribution in [0.3, 0.4) is 0 Å². The summed E-state index contributed by atoms with van der Waals surface area (Å²) in [6, 6.07) is 2.89. The van der Waals surface area contributed by atoms with Crippen molar-refractivity contribution >= 4 is 22.5 Å². The molecule has 0 aliphatic carbocycles. The van der Waals surface area contributed by atoms with E-state index in [4.69, 9.17) is 4.42 Å². The van der Waals surface area contributed by atoms with E-state index in [0.29, 0.717) is 10.9 Å². The summed E-state index contributed by atoms with van der Waals surface area (Å²) >= 11 is 1.34. The van der Waals surface area contributed by atoms with Gasteiger partial charge in [0.05, 0.1) is 12.8 Å². The number of hydrogen-bond acceptors (Lipinski definition) is 6. The highest BCUT2D eigenvalue weighted by Gasteiger charge is 2.26. The first-order valence-electron chi connectivity index (χ1n) is 6.65. The molecule has 0 aliphatic rings. The van der Waals surface area contributed by atoms with Crippen molar-refractivity contribution < 1.29 is 14.3 Å². The molecule has 2 aromatic heterocycles. The Kier molecular flexibility index (Phi) is 4.92. The van der Waals surface area contributed by atoms with Crippen molar-refractivity contribution in [3.05, 3.63) is 29.2 Å². The maximum Gasteiger partial charge on any atom is 0.321 e. The van der Waals surface area contributed by atoms with E-state index in [1.54, 1.807) is 19.1 Å². The molecule has 114 valence electrons. The lowest BCUT2D eigenvalue weighted by atomic mass is 10.0. The van der Waals surface area contributed by atoms with Gasteiger partial charge in [0.15, 0.2) is 0 Å². The van der Waals surface area contributed by atoms with Crippen molar-refractivity contribution in [2.75, 3.05) is 11.9 Å². The van der Waals surface area contributed by atoms with Crippen LogP contribution >= 0.6 is 11.3 Å². The largest absolute Gasteiger partial charge is 0.466 e. The fourth-order valence-electron chi connectivity index (χ4n) is 1.68. The van der Waals surface area contributed by atoms with E-state index < -0.39 is 11.6 Å². The summed E-state index contributed by atoms with van der Waals surface area (Å²) in [6.45, 7) is 3.64. The number of rotatable bonds is 6. The number of furan rings is 1. The lowest BCUT2D eigenvalue weighted by Gasteiger charge is -2.20. The molecule has 0 aliphatic heterocycles. The third kappa shape index (κ3) is 4.27. The molecule has 2 rings (SSSR count). The number of carbonyl (C=O) groups excluding carboxylic acids is 1. The molecule has 1 atom stereocenters. The summed E-state index contributed by atoms with van der Waals surface area (Å²) in [5, 5.41) is 24.6. The van der Waals surface area contributed by atoms with Crippen LogP contribution in [0.15, 0.2) is 22.8 Å². The van der Waals surface area contributed by atoms with Crippen LogP contribution in [0, 0.1) is 0 Å². The number of urea groups is 1. The molecule has 0 saturated heterocycles. The van der Waals surface area contributed by atoms with Gasteiger partial charge in [-0.2, -0.15) is 0 Å².